The van der Waals surface area contributed by atoms with E-state index in [9.17, 15) is 13.2 Å². The molecular weight excluding hydrogens is 420 g/mol. The van der Waals surface area contributed by atoms with Crippen molar-refractivity contribution in [3.05, 3.63) is 18.2 Å². The minimum Gasteiger partial charge on any atom is -0.353 e. The summed E-state index contributed by atoms with van der Waals surface area (Å²) < 4.78 is 29.3. The molecule has 1 heterocycles. The molecule has 1 amide bonds. The quantitative estimate of drug-likeness (QED) is 0.492. The molecule has 30 heavy (non-hydrogen) atoms. The number of unbranched alkanes of at least 4 members (excludes halogenated alkanes) is 1. The van der Waals surface area contributed by atoms with Crippen LogP contribution in [0.1, 0.15) is 53.9 Å². The SMILES string of the molecule is CCCCn1c(SCC(=O)N[C@H](C)CC)nc2cc(S(=O)(=O)N(CC)CC)ccc21. The van der Waals surface area contributed by atoms with Gasteiger partial charge in [0, 0.05) is 25.7 Å². The number of fused-ring (bicyclic) bond motifs is 1. The van der Waals surface area contributed by atoms with Crippen molar-refractivity contribution >= 4 is 38.7 Å². The van der Waals surface area contributed by atoms with Crippen molar-refractivity contribution in [2.24, 2.45) is 0 Å². The maximum absolute atomic E-state index is 12.9. The van der Waals surface area contributed by atoms with Crippen LogP contribution in [0.15, 0.2) is 28.3 Å². The molecular formula is C21H34N4O3S2. The molecule has 0 aliphatic rings. The summed E-state index contributed by atoms with van der Waals surface area (Å²) in [5.74, 6) is 0.262. The number of thioether (sulfide) groups is 1. The van der Waals surface area contributed by atoms with Gasteiger partial charge in [0.1, 0.15) is 0 Å². The zero-order valence-corrected chi connectivity index (χ0v) is 20.3. The van der Waals surface area contributed by atoms with Gasteiger partial charge in [0.25, 0.3) is 0 Å². The summed E-state index contributed by atoms with van der Waals surface area (Å²) in [5.41, 5.74) is 1.54. The fraction of sp³-hybridized carbons (Fsp3) is 0.619. The largest absolute Gasteiger partial charge is 0.353 e. The Balaban J connectivity index is 2.36. The second-order valence-electron chi connectivity index (χ2n) is 7.30. The number of carbonyl (C=O) groups excluding carboxylic acids is 1. The number of aromatic nitrogens is 2. The van der Waals surface area contributed by atoms with Gasteiger partial charge in [-0.05, 0) is 38.0 Å². The number of amides is 1. The molecule has 0 aliphatic heterocycles. The van der Waals surface area contributed by atoms with E-state index in [1.54, 1.807) is 12.1 Å². The predicted molar refractivity (Wildman–Crippen MR) is 123 cm³/mol. The van der Waals surface area contributed by atoms with E-state index in [1.807, 2.05) is 33.8 Å². The van der Waals surface area contributed by atoms with Gasteiger partial charge in [-0.15, -0.1) is 0 Å². The number of nitrogens with zero attached hydrogens (tertiary/aromatic N) is 3. The smallest absolute Gasteiger partial charge is 0.243 e. The molecule has 0 saturated carbocycles. The molecule has 2 aromatic rings. The molecule has 168 valence electrons. The number of aryl methyl sites for hydroxylation is 1. The van der Waals surface area contributed by atoms with Crippen LogP contribution in [0.25, 0.3) is 11.0 Å². The van der Waals surface area contributed by atoms with Crippen molar-refractivity contribution in [2.45, 2.75) is 76.5 Å². The molecule has 7 nitrogen and oxygen atoms in total. The van der Waals surface area contributed by atoms with Crippen molar-refractivity contribution in [2.75, 3.05) is 18.8 Å². The van der Waals surface area contributed by atoms with Gasteiger partial charge in [0.05, 0.1) is 21.7 Å². The normalized spacial score (nSPS) is 13.1. The van der Waals surface area contributed by atoms with Crippen molar-refractivity contribution in [1.29, 1.82) is 0 Å². The van der Waals surface area contributed by atoms with Gasteiger partial charge in [-0.2, -0.15) is 4.31 Å². The third-order valence-corrected chi connectivity index (χ3v) is 8.14. The standard InChI is InChI=1S/C21H34N4O3S2/c1-6-10-13-25-19-12-11-17(30(27,28)24(8-3)9-4)14-18(19)23-21(25)29-15-20(26)22-16(5)7-2/h11-12,14,16H,6-10,13,15H2,1-5H3,(H,22,26)/t16-/m1/s1. The fourth-order valence-corrected chi connectivity index (χ4v) is 5.48. The monoisotopic (exact) mass is 454 g/mol. The second kappa shape index (κ2) is 11.2. The number of rotatable bonds is 12. The lowest BCUT2D eigenvalue weighted by Crippen LogP contribution is -2.33. The zero-order chi connectivity index (χ0) is 22.3. The van der Waals surface area contributed by atoms with Crippen molar-refractivity contribution in [3.8, 4) is 0 Å². The lowest BCUT2D eigenvalue weighted by molar-refractivity contribution is -0.119. The Bertz CT molecular complexity index is 953. The first kappa shape index (κ1) is 24.7. The van der Waals surface area contributed by atoms with E-state index in [0.717, 1.165) is 36.5 Å². The minimum atomic E-state index is -3.54. The van der Waals surface area contributed by atoms with Crippen LogP contribution in [-0.2, 0) is 21.4 Å². The highest BCUT2D eigenvalue weighted by molar-refractivity contribution is 7.99. The Morgan fingerprint density at radius 2 is 1.93 bits per heavy atom. The van der Waals surface area contributed by atoms with Gasteiger partial charge in [0.2, 0.25) is 15.9 Å². The van der Waals surface area contributed by atoms with Crippen LogP contribution in [0.5, 0.6) is 0 Å². The van der Waals surface area contributed by atoms with E-state index in [1.165, 1.54) is 16.1 Å². The van der Waals surface area contributed by atoms with Crippen LogP contribution in [0.3, 0.4) is 0 Å². The predicted octanol–water partition coefficient (Wildman–Crippen LogP) is 3.87. The first-order valence-electron chi connectivity index (χ1n) is 10.7. The van der Waals surface area contributed by atoms with Crippen LogP contribution >= 0.6 is 11.8 Å². The number of hydrogen-bond donors (Lipinski definition) is 1. The molecule has 1 N–H and O–H groups in total. The topological polar surface area (TPSA) is 84.3 Å². The summed E-state index contributed by atoms with van der Waals surface area (Å²) in [5, 5.41) is 3.71. The highest BCUT2D eigenvalue weighted by atomic mass is 32.2. The van der Waals surface area contributed by atoms with E-state index in [-0.39, 0.29) is 22.6 Å². The van der Waals surface area contributed by atoms with E-state index in [2.05, 4.69) is 21.8 Å². The Labute approximate surface area is 184 Å². The van der Waals surface area contributed by atoms with Gasteiger partial charge in [-0.1, -0.05) is 45.9 Å². The molecule has 0 unspecified atom stereocenters. The summed E-state index contributed by atoms with van der Waals surface area (Å²) in [7, 11) is -3.54. The van der Waals surface area contributed by atoms with Gasteiger partial charge in [0.15, 0.2) is 5.16 Å². The second-order valence-corrected chi connectivity index (χ2v) is 10.2. The van der Waals surface area contributed by atoms with Crippen LogP contribution in [0.2, 0.25) is 0 Å². The molecule has 2 rings (SSSR count). The zero-order valence-electron chi connectivity index (χ0n) is 18.6. The average Bonchev–Trinajstić information content (AvgIpc) is 3.07. The van der Waals surface area contributed by atoms with Gasteiger partial charge < -0.3 is 9.88 Å². The lowest BCUT2D eigenvalue weighted by Gasteiger charge is -2.18. The Morgan fingerprint density at radius 3 is 2.53 bits per heavy atom. The maximum Gasteiger partial charge on any atom is 0.243 e. The van der Waals surface area contributed by atoms with Crippen molar-refractivity contribution in [1.82, 2.24) is 19.2 Å². The van der Waals surface area contributed by atoms with E-state index < -0.39 is 10.0 Å². The Kier molecular flexibility index (Phi) is 9.18. The lowest BCUT2D eigenvalue weighted by atomic mass is 10.3. The third kappa shape index (κ3) is 5.76. The third-order valence-electron chi connectivity index (χ3n) is 5.12. The number of imidazole rings is 1. The molecule has 0 bridgehead atoms. The molecule has 0 radical (unpaired) electrons. The van der Waals surface area contributed by atoms with Crippen LogP contribution in [-0.4, -0.2) is 53.1 Å². The summed E-state index contributed by atoms with van der Waals surface area (Å²) in [6.45, 7) is 11.4. The van der Waals surface area contributed by atoms with E-state index >= 15 is 0 Å². The molecule has 9 heteroatoms. The summed E-state index contributed by atoms with van der Waals surface area (Å²) >= 11 is 1.39. The van der Waals surface area contributed by atoms with Gasteiger partial charge >= 0.3 is 0 Å². The molecule has 1 atom stereocenters. The molecule has 1 aromatic carbocycles. The first-order chi connectivity index (χ1) is 14.3. The van der Waals surface area contributed by atoms with Gasteiger partial charge in [-0.3, -0.25) is 4.79 Å². The van der Waals surface area contributed by atoms with E-state index in [4.69, 9.17) is 0 Å². The van der Waals surface area contributed by atoms with Gasteiger partial charge in [-0.25, -0.2) is 13.4 Å². The number of nitrogens with one attached hydrogen (secondary N) is 1. The molecule has 0 spiro atoms. The molecule has 1 aromatic heterocycles. The van der Waals surface area contributed by atoms with Crippen LogP contribution in [0, 0.1) is 0 Å². The number of hydrogen-bond acceptors (Lipinski definition) is 5. The molecule has 0 saturated heterocycles. The molecule has 0 aliphatic carbocycles. The Hall–Kier alpha value is -1.58. The fourth-order valence-electron chi connectivity index (χ4n) is 3.15. The van der Waals surface area contributed by atoms with Crippen LogP contribution < -0.4 is 5.32 Å². The maximum atomic E-state index is 12.9. The van der Waals surface area contributed by atoms with Crippen molar-refractivity contribution < 1.29 is 13.2 Å². The Morgan fingerprint density at radius 1 is 1.23 bits per heavy atom. The average molecular weight is 455 g/mol. The molecule has 0 fully saturated rings. The summed E-state index contributed by atoms with van der Waals surface area (Å²) in [6.07, 6.45) is 2.90. The highest BCUT2D eigenvalue weighted by Crippen LogP contribution is 2.27. The minimum absolute atomic E-state index is 0.0201. The first-order valence-corrected chi connectivity index (χ1v) is 13.1. The summed E-state index contributed by atoms with van der Waals surface area (Å²) in [4.78, 5) is 17.1. The van der Waals surface area contributed by atoms with Crippen molar-refractivity contribution in [3.63, 3.8) is 0 Å². The van der Waals surface area contributed by atoms with E-state index in [0.29, 0.717) is 18.6 Å². The van der Waals surface area contributed by atoms with Crippen LogP contribution in [0.4, 0.5) is 0 Å². The highest BCUT2D eigenvalue weighted by Gasteiger charge is 2.23. The number of carbonyl (C=O) groups is 1. The number of sulfonamides is 1. The summed E-state index contributed by atoms with van der Waals surface area (Å²) in [6, 6.07) is 5.28. The number of benzene rings is 1.